The Morgan fingerprint density at radius 3 is 2.90 bits per heavy atom. The molecule has 2 aromatic heterocycles. The van der Waals surface area contributed by atoms with Crippen molar-refractivity contribution in [3.8, 4) is 0 Å². The highest BCUT2D eigenvalue weighted by Crippen LogP contribution is 2.30. The molecule has 112 valence electrons. The molecule has 21 heavy (non-hydrogen) atoms. The van der Waals surface area contributed by atoms with Gasteiger partial charge >= 0.3 is 0 Å². The van der Waals surface area contributed by atoms with Crippen molar-refractivity contribution in [1.29, 1.82) is 0 Å². The Morgan fingerprint density at radius 2 is 2.29 bits per heavy atom. The number of tetrazole rings is 1. The van der Waals surface area contributed by atoms with Crippen molar-refractivity contribution in [3.05, 3.63) is 30.0 Å². The summed E-state index contributed by atoms with van der Waals surface area (Å²) in [5.41, 5.74) is -1.09. The maximum atomic E-state index is 12.1. The van der Waals surface area contributed by atoms with Crippen LogP contribution in [0.25, 0.3) is 0 Å². The number of rotatable bonds is 4. The normalized spacial score (nSPS) is 17.9. The van der Waals surface area contributed by atoms with Gasteiger partial charge in [0.2, 0.25) is 11.7 Å². The van der Waals surface area contributed by atoms with E-state index in [4.69, 9.17) is 4.42 Å². The number of aromatic amines is 1. The molecular formula is C13H17N5O3. The molecule has 3 heterocycles. The van der Waals surface area contributed by atoms with Gasteiger partial charge in [-0.2, -0.15) is 5.21 Å². The average Bonchev–Trinajstić information content (AvgIpc) is 3.19. The molecule has 0 saturated carbocycles. The number of aromatic nitrogens is 4. The molecule has 1 aliphatic rings. The number of hydrogen-bond acceptors (Lipinski definition) is 6. The van der Waals surface area contributed by atoms with E-state index < -0.39 is 5.60 Å². The molecule has 0 radical (unpaired) electrons. The minimum absolute atomic E-state index is 0.0709. The second-order valence-corrected chi connectivity index (χ2v) is 5.23. The van der Waals surface area contributed by atoms with Gasteiger partial charge < -0.3 is 14.4 Å². The van der Waals surface area contributed by atoms with Gasteiger partial charge in [-0.05, 0) is 12.1 Å². The number of piperidine rings is 1. The lowest BCUT2D eigenvalue weighted by atomic mass is 9.90. The van der Waals surface area contributed by atoms with Gasteiger partial charge in [0.15, 0.2) is 0 Å². The summed E-state index contributed by atoms with van der Waals surface area (Å²) in [7, 11) is 0. The summed E-state index contributed by atoms with van der Waals surface area (Å²) in [5.74, 6) is 1.18. The number of aryl methyl sites for hydroxylation is 1. The Balaban J connectivity index is 1.52. The molecular weight excluding hydrogens is 274 g/mol. The standard InChI is InChI=1S/C13H17N5O3/c19-11(4-3-10-2-1-9-21-10)18-7-5-13(20,6-8-18)12-14-16-17-15-12/h1-2,9,20H,3-8H2,(H,14,15,16,17). The third kappa shape index (κ3) is 2.94. The van der Waals surface area contributed by atoms with Crippen LogP contribution in [0.15, 0.2) is 22.8 Å². The number of carbonyl (C=O) groups is 1. The highest BCUT2D eigenvalue weighted by Gasteiger charge is 2.38. The first kappa shape index (κ1) is 13.7. The van der Waals surface area contributed by atoms with E-state index in [1.54, 1.807) is 11.2 Å². The van der Waals surface area contributed by atoms with Crippen LogP contribution < -0.4 is 0 Å². The number of amides is 1. The van der Waals surface area contributed by atoms with Gasteiger partial charge in [-0.3, -0.25) is 4.79 Å². The second kappa shape index (κ2) is 5.65. The molecule has 1 amide bonds. The lowest BCUT2D eigenvalue weighted by Crippen LogP contribution is -2.45. The Bertz CT molecular complexity index is 573. The molecule has 0 atom stereocenters. The minimum Gasteiger partial charge on any atom is -0.469 e. The number of hydrogen-bond donors (Lipinski definition) is 2. The van der Waals surface area contributed by atoms with E-state index in [2.05, 4.69) is 20.6 Å². The van der Waals surface area contributed by atoms with Crippen LogP contribution in [0.4, 0.5) is 0 Å². The highest BCUT2D eigenvalue weighted by molar-refractivity contribution is 5.76. The van der Waals surface area contributed by atoms with Crippen molar-refractivity contribution in [2.75, 3.05) is 13.1 Å². The smallest absolute Gasteiger partial charge is 0.223 e. The van der Waals surface area contributed by atoms with Crippen molar-refractivity contribution in [3.63, 3.8) is 0 Å². The Hall–Kier alpha value is -2.22. The average molecular weight is 291 g/mol. The van der Waals surface area contributed by atoms with Crippen LogP contribution >= 0.6 is 0 Å². The first-order valence-corrected chi connectivity index (χ1v) is 6.94. The van der Waals surface area contributed by atoms with Gasteiger partial charge in [0.05, 0.1) is 6.26 Å². The molecule has 0 aromatic carbocycles. The summed E-state index contributed by atoms with van der Waals surface area (Å²) in [6, 6.07) is 3.67. The number of nitrogens with one attached hydrogen (secondary N) is 1. The second-order valence-electron chi connectivity index (χ2n) is 5.23. The maximum absolute atomic E-state index is 12.1. The fourth-order valence-electron chi connectivity index (χ4n) is 2.55. The largest absolute Gasteiger partial charge is 0.469 e. The van der Waals surface area contributed by atoms with Crippen LogP contribution in [0.3, 0.4) is 0 Å². The third-order valence-electron chi connectivity index (χ3n) is 3.87. The SMILES string of the molecule is O=C(CCc1ccco1)N1CCC(O)(c2nn[nH]n2)CC1. The summed E-state index contributed by atoms with van der Waals surface area (Å²) in [5, 5.41) is 24.0. The Morgan fingerprint density at radius 1 is 1.48 bits per heavy atom. The van der Waals surface area contributed by atoms with Crippen molar-refractivity contribution in [2.45, 2.75) is 31.3 Å². The third-order valence-corrected chi connectivity index (χ3v) is 3.87. The zero-order valence-corrected chi connectivity index (χ0v) is 11.5. The fraction of sp³-hybridized carbons (Fsp3) is 0.538. The zero-order valence-electron chi connectivity index (χ0n) is 11.5. The van der Waals surface area contributed by atoms with Gasteiger partial charge in [-0.1, -0.05) is 5.21 Å². The minimum atomic E-state index is -1.09. The van der Waals surface area contributed by atoms with Crippen LogP contribution in [0, 0.1) is 0 Å². The molecule has 0 spiro atoms. The topological polar surface area (TPSA) is 108 Å². The number of aliphatic hydroxyl groups is 1. The number of furan rings is 1. The van der Waals surface area contributed by atoms with Gasteiger partial charge in [-0.15, -0.1) is 10.2 Å². The quantitative estimate of drug-likeness (QED) is 0.835. The van der Waals surface area contributed by atoms with Crippen LogP contribution in [0.1, 0.15) is 30.8 Å². The predicted molar refractivity (Wildman–Crippen MR) is 70.9 cm³/mol. The van der Waals surface area contributed by atoms with E-state index in [-0.39, 0.29) is 5.91 Å². The molecule has 1 saturated heterocycles. The highest BCUT2D eigenvalue weighted by atomic mass is 16.3. The van der Waals surface area contributed by atoms with Crippen molar-refractivity contribution >= 4 is 5.91 Å². The summed E-state index contributed by atoms with van der Waals surface area (Å²) in [6.07, 6.45) is 3.44. The fourth-order valence-corrected chi connectivity index (χ4v) is 2.55. The van der Waals surface area contributed by atoms with Crippen LogP contribution in [0.2, 0.25) is 0 Å². The van der Waals surface area contributed by atoms with E-state index in [9.17, 15) is 9.90 Å². The summed E-state index contributed by atoms with van der Waals surface area (Å²) in [4.78, 5) is 13.9. The molecule has 1 fully saturated rings. The summed E-state index contributed by atoms with van der Waals surface area (Å²) in [6.45, 7) is 0.976. The van der Waals surface area contributed by atoms with Gasteiger partial charge in [0.25, 0.3) is 0 Å². The Labute approximate surface area is 121 Å². The van der Waals surface area contributed by atoms with E-state index in [0.717, 1.165) is 5.76 Å². The van der Waals surface area contributed by atoms with Crippen molar-refractivity contribution in [2.24, 2.45) is 0 Å². The van der Waals surface area contributed by atoms with Gasteiger partial charge in [-0.25, -0.2) is 0 Å². The molecule has 8 heteroatoms. The van der Waals surface area contributed by atoms with Gasteiger partial charge in [0, 0.05) is 38.8 Å². The van der Waals surface area contributed by atoms with Gasteiger partial charge in [0.1, 0.15) is 11.4 Å². The molecule has 8 nitrogen and oxygen atoms in total. The first-order valence-electron chi connectivity index (χ1n) is 6.94. The molecule has 0 bridgehead atoms. The predicted octanol–water partition coefficient (Wildman–Crippen LogP) is 0.235. The lowest BCUT2D eigenvalue weighted by molar-refractivity contribution is -0.136. The number of H-pyrrole nitrogens is 1. The summed E-state index contributed by atoms with van der Waals surface area (Å²) < 4.78 is 5.22. The molecule has 0 aliphatic carbocycles. The maximum Gasteiger partial charge on any atom is 0.223 e. The number of likely N-dealkylation sites (tertiary alicyclic amines) is 1. The Kier molecular flexibility index (Phi) is 3.70. The molecule has 2 aromatic rings. The van der Waals surface area contributed by atoms with Crippen molar-refractivity contribution < 1.29 is 14.3 Å². The molecule has 2 N–H and O–H groups in total. The van der Waals surface area contributed by atoms with Crippen LogP contribution in [0.5, 0.6) is 0 Å². The van der Waals surface area contributed by atoms with Crippen LogP contribution in [-0.2, 0) is 16.8 Å². The van der Waals surface area contributed by atoms with E-state index in [1.165, 1.54) is 0 Å². The van der Waals surface area contributed by atoms with E-state index >= 15 is 0 Å². The zero-order chi connectivity index (χ0) is 14.7. The van der Waals surface area contributed by atoms with E-state index in [1.807, 2.05) is 12.1 Å². The molecule has 1 aliphatic heterocycles. The number of carbonyl (C=O) groups excluding carboxylic acids is 1. The van der Waals surface area contributed by atoms with Crippen LogP contribution in [-0.4, -0.2) is 49.6 Å². The van der Waals surface area contributed by atoms with Crippen molar-refractivity contribution in [1.82, 2.24) is 25.5 Å². The monoisotopic (exact) mass is 291 g/mol. The molecule has 3 rings (SSSR count). The first-order chi connectivity index (χ1) is 10.2. The summed E-state index contributed by atoms with van der Waals surface area (Å²) >= 11 is 0. The number of nitrogens with zero attached hydrogens (tertiary/aromatic N) is 4. The lowest BCUT2D eigenvalue weighted by Gasteiger charge is -2.36. The molecule has 0 unspecified atom stereocenters. The van der Waals surface area contributed by atoms with E-state index in [0.29, 0.717) is 44.6 Å².